The van der Waals surface area contributed by atoms with Gasteiger partial charge in [0.1, 0.15) is 6.79 Å². The Morgan fingerprint density at radius 2 is 1.91 bits per heavy atom. The Bertz CT molecular complexity index is 523. The van der Waals surface area contributed by atoms with Crippen molar-refractivity contribution in [2.45, 2.75) is 71.8 Å². The van der Waals surface area contributed by atoms with Gasteiger partial charge in [-0.25, -0.2) is 0 Å². The molecule has 2 atom stereocenters. The van der Waals surface area contributed by atoms with Gasteiger partial charge in [-0.05, 0) is 42.2 Å². The molecule has 1 fully saturated rings. The first-order valence-electron chi connectivity index (χ1n) is 9.08. The van der Waals surface area contributed by atoms with Crippen LogP contribution in [-0.2, 0) is 15.9 Å². The van der Waals surface area contributed by atoms with E-state index >= 15 is 0 Å². The van der Waals surface area contributed by atoms with Crippen LogP contribution in [0.5, 0.6) is 0 Å². The Kier molecular flexibility index (Phi) is 7.41. The third kappa shape index (κ3) is 4.82. The summed E-state index contributed by atoms with van der Waals surface area (Å²) in [7, 11) is 0. The van der Waals surface area contributed by atoms with E-state index in [9.17, 15) is 0 Å². The van der Waals surface area contributed by atoms with Crippen molar-refractivity contribution in [3.63, 3.8) is 0 Å². The summed E-state index contributed by atoms with van der Waals surface area (Å²) < 4.78 is 10.6. The highest BCUT2D eigenvalue weighted by Crippen LogP contribution is 2.19. The van der Waals surface area contributed by atoms with Gasteiger partial charge in [0.2, 0.25) is 0 Å². The van der Waals surface area contributed by atoms with Crippen molar-refractivity contribution in [3.05, 3.63) is 34.2 Å². The molecule has 0 bridgehead atoms. The molecule has 1 heterocycles. The first kappa shape index (κ1) is 17.5. The third-order valence-electron chi connectivity index (χ3n) is 4.80. The topological polar surface area (TPSA) is 18.5 Å². The number of aryl methyl sites for hydroxylation is 1. The summed E-state index contributed by atoms with van der Waals surface area (Å²) in [4.78, 5) is 0. The van der Waals surface area contributed by atoms with Crippen molar-refractivity contribution < 1.29 is 9.47 Å². The molecule has 2 heteroatoms. The zero-order valence-electron chi connectivity index (χ0n) is 14.6. The lowest BCUT2D eigenvalue weighted by Gasteiger charge is -2.28. The Balaban J connectivity index is 0.000000160. The van der Waals surface area contributed by atoms with Crippen LogP contribution < -0.4 is 0 Å². The highest BCUT2D eigenvalue weighted by Gasteiger charge is 2.21. The van der Waals surface area contributed by atoms with E-state index in [0.29, 0.717) is 18.8 Å². The maximum absolute atomic E-state index is 5.37. The van der Waals surface area contributed by atoms with Gasteiger partial charge in [-0.15, -0.1) is 0 Å². The molecule has 1 aliphatic heterocycles. The highest BCUT2D eigenvalue weighted by atomic mass is 16.7. The van der Waals surface area contributed by atoms with Crippen molar-refractivity contribution >= 4 is 0 Å². The minimum Gasteiger partial charge on any atom is -0.355 e. The smallest absolute Gasteiger partial charge is 0.147 e. The van der Waals surface area contributed by atoms with Crippen molar-refractivity contribution in [2.75, 3.05) is 13.4 Å². The first-order chi connectivity index (χ1) is 10.8. The second-order valence-electron chi connectivity index (χ2n) is 6.59. The van der Waals surface area contributed by atoms with Crippen LogP contribution in [0.15, 0.2) is 18.2 Å². The fraction of sp³-hybridized carbons (Fsp3) is 0.700. The quantitative estimate of drug-likeness (QED) is 0.654. The summed E-state index contributed by atoms with van der Waals surface area (Å²) in [5, 5.41) is 3.03. The van der Waals surface area contributed by atoms with Crippen molar-refractivity contribution in [1.29, 1.82) is 0 Å². The van der Waals surface area contributed by atoms with E-state index in [2.05, 4.69) is 39.0 Å². The summed E-state index contributed by atoms with van der Waals surface area (Å²) in [6.07, 6.45) is 9.58. The lowest BCUT2D eigenvalue weighted by atomic mass is 9.95. The maximum atomic E-state index is 5.37. The van der Waals surface area contributed by atoms with Gasteiger partial charge in [-0.1, -0.05) is 57.7 Å². The minimum absolute atomic E-state index is 0.398. The zero-order valence-corrected chi connectivity index (χ0v) is 14.6. The van der Waals surface area contributed by atoms with Crippen molar-refractivity contribution in [1.82, 2.24) is 0 Å². The normalized spacial score (nSPS) is 22.0. The monoisotopic (exact) mass is 304 g/mol. The standard InChI is InChI=1S/C11H14.C9H18O2/c1-2-3-4-5-9-8-10-6-7-11(9)10;1-3-4-5-9-6-10-7-11-8(9)2/h6-8H,2-5H2,1H3;8-9H,3-7H2,1-2H3. The van der Waals surface area contributed by atoms with Gasteiger partial charge in [0, 0.05) is 5.92 Å². The van der Waals surface area contributed by atoms with E-state index in [1.165, 1.54) is 50.2 Å². The maximum Gasteiger partial charge on any atom is 0.147 e. The average Bonchev–Trinajstić information content (AvgIpc) is 2.51. The van der Waals surface area contributed by atoms with Gasteiger partial charge >= 0.3 is 0 Å². The number of rotatable bonds is 7. The summed E-state index contributed by atoms with van der Waals surface area (Å²) in [6.45, 7) is 7.99. The predicted molar refractivity (Wildman–Crippen MR) is 91.7 cm³/mol. The van der Waals surface area contributed by atoms with Gasteiger partial charge in [0.15, 0.2) is 0 Å². The van der Waals surface area contributed by atoms with Crippen LogP contribution in [0.1, 0.15) is 64.9 Å². The molecule has 2 nitrogen and oxygen atoms in total. The van der Waals surface area contributed by atoms with Crippen LogP contribution in [-0.4, -0.2) is 19.5 Å². The van der Waals surface area contributed by atoms with Crippen LogP contribution in [0.4, 0.5) is 0 Å². The van der Waals surface area contributed by atoms with Gasteiger partial charge in [-0.3, -0.25) is 0 Å². The first-order valence-corrected chi connectivity index (χ1v) is 9.08. The van der Waals surface area contributed by atoms with Gasteiger partial charge in [0.25, 0.3) is 0 Å². The molecule has 3 aliphatic rings. The van der Waals surface area contributed by atoms with Crippen LogP contribution in [0.2, 0.25) is 0 Å². The second-order valence-corrected chi connectivity index (χ2v) is 6.59. The number of hydrogen-bond donors (Lipinski definition) is 0. The average molecular weight is 304 g/mol. The predicted octanol–water partition coefficient (Wildman–Crippen LogP) is 5.21. The molecular formula is C20H32O2. The summed E-state index contributed by atoms with van der Waals surface area (Å²) in [5.41, 5.74) is 1.59. The number of ether oxygens (including phenoxy) is 2. The van der Waals surface area contributed by atoms with Crippen molar-refractivity contribution in [3.8, 4) is 0 Å². The molecule has 0 N–H and O–H groups in total. The molecule has 0 saturated carbocycles. The molecule has 0 spiro atoms. The largest absolute Gasteiger partial charge is 0.355 e. The number of benzene rings is 1. The molecule has 124 valence electrons. The number of unbranched alkanes of at least 4 members (excludes halogenated alkanes) is 3. The zero-order chi connectivity index (χ0) is 15.8. The molecule has 0 amide bonds. The molecule has 1 saturated heterocycles. The minimum atomic E-state index is 0.398. The summed E-state index contributed by atoms with van der Waals surface area (Å²) in [6, 6.07) is 6.75. The highest BCUT2D eigenvalue weighted by molar-refractivity contribution is 5.33. The lowest BCUT2D eigenvalue weighted by Crippen LogP contribution is -2.31. The van der Waals surface area contributed by atoms with Crippen LogP contribution in [0.25, 0.3) is 0 Å². The Morgan fingerprint density at radius 1 is 1.09 bits per heavy atom. The Labute approximate surface area is 135 Å². The molecule has 0 aromatic carbocycles. The summed E-state index contributed by atoms with van der Waals surface area (Å²) >= 11 is 0. The number of hydrogen-bond acceptors (Lipinski definition) is 2. The van der Waals surface area contributed by atoms with Gasteiger partial charge in [0.05, 0.1) is 12.7 Å². The molecule has 2 aliphatic carbocycles. The fourth-order valence-electron chi connectivity index (χ4n) is 3.05. The van der Waals surface area contributed by atoms with E-state index in [0.717, 1.165) is 6.61 Å². The Hall–Kier alpha value is -0.860. The lowest BCUT2D eigenvalue weighted by molar-refractivity contribution is -0.165. The fourth-order valence-corrected chi connectivity index (χ4v) is 3.05. The Morgan fingerprint density at radius 3 is 2.45 bits per heavy atom. The third-order valence-corrected chi connectivity index (χ3v) is 4.80. The molecule has 22 heavy (non-hydrogen) atoms. The van der Waals surface area contributed by atoms with Crippen LogP contribution >= 0.6 is 0 Å². The van der Waals surface area contributed by atoms with E-state index in [4.69, 9.17) is 9.47 Å². The van der Waals surface area contributed by atoms with E-state index in [1.54, 1.807) is 10.8 Å². The van der Waals surface area contributed by atoms with Gasteiger partial charge < -0.3 is 9.47 Å². The molecule has 0 radical (unpaired) electrons. The van der Waals surface area contributed by atoms with Crippen molar-refractivity contribution in [2.24, 2.45) is 5.92 Å². The molecule has 0 aromatic heterocycles. The van der Waals surface area contributed by atoms with Crippen LogP contribution in [0.3, 0.4) is 0 Å². The van der Waals surface area contributed by atoms with E-state index in [1.807, 2.05) is 0 Å². The van der Waals surface area contributed by atoms with Gasteiger partial charge in [-0.2, -0.15) is 0 Å². The van der Waals surface area contributed by atoms with E-state index < -0.39 is 0 Å². The molecule has 2 unspecified atom stereocenters. The summed E-state index contributed by atoms with van der Waals surface area (Å²) in [5.74, 6) is 0.628. The SMILES string of the molecule is CCCCC1COCOC1C.CCCCCc1cc2ccc1=2. The van der Waals surface area contributed by atoms with Crippen LogP contribution in [0, 0.1) is 16.4 Å². The molecular weight excluding hydrogens is 272 g/mol. The van der Waals surface area contributed by atoms with E-state index in [-0.39, 0.29) is 0 Å². The second kappa shape index (κ2) is 9.32. The molecule has 0 aromatic rings. The molecule has 3 rings (SSSR count).